The molecule has 0 aromatic carbocycles. The third-order valence-corrected chi connectivity index (χ3v) is 11.0. The second-order valence-electron chi connectivity index (χ2n) is 14.3. The van der Waals surface area contributed by atoms with Crippen molar-refractivity contribution >= 4 is 5.97 Å². The van der Waals surface area contributed by atoms with Crippen molar-refractivity contribution in [3.05, 3.63) is 47.6 Å². The van der Waals surface area contributed by atoms with E-state index >= 15 is 0 Å². The van der Waals surface area contributed by atoms with Gasteiger partial charge in [0.15, 0.2) is 5.79 Å². The Morgan fingerprint density at radius 3 is 2.58 bits per heavy atom. The van der Waals surface area contributed by atoms with Gasteiger partial charge in [-0.1, -0.05) is 71.4 Å². The van der Waals surface area contributed by atoms with E-state index in [2.05, 4.69) is 52.8 Å². The van der Waals surface area contributed by atoms with Crippen molar-refractivity contribution in [1.29, 1.82) is 0 Å². The van der Waals surface area contributed by atoms with Crippen LogP contribution in [0.3, 0.4) is 0 Å². The van der Waals surface area contributed by atoms with E-state index < -0.39 is 35.5 Å². The van der Waals surface area contributed by atoms with Crippen LogP contribution in [0.15, 0.2) is 47.6 Å². The maximum Gasteiger partial charge on any atom is 0.312 e. The van der Waals surface area contributed by atoms with Gasteiger partial charge in [0.05, 0.1) is 36.9 Å². The first kappa shape index (κ1) is 34.5. The van der Waals surface area contributed by atoms with Crippen LogP contribution in [0.25, 0.3) is 0 Å². The predicted octanol–water partition coefficient (Wildman–Crippen LogP) is 6.09. The van der Waals surface area contributed by atoms with Gasteiger partial charge in [0, 0.05) is 38.4 Å². The van der Waals surface area contributed by atoms with Gasteiger partial charge < -0.3 is 33.5 Å². The summed E-state index contributed by atoms with van der Waals surface area (Å²) in [4.78, 5) is 14.2. The lowest BCUT2D eigenvalue weighted by Crippen LogP contribution is -2.61. The largest absolute Gasteiger partial charge is 0.462 e. The molecule has 5 aliphatic rings. The van der Waals surface area contributed by atoms with Gasteiger partial charge in [0.1, 0.15) is 17.8 Å². The van der Waals surface area contributed by atoms with Crippen LogP contribution in [0.2, 0.25) is 0 Å². The van der Waals surface area contributed by atoms with E-state index in [1.165, 1.54) is 0 Å². The number of hydrogen-bond donors (Lipinski definition) is 1. The lowest BCUT2D eigenvalue weighted by Gasteiger charge is -2.49. The number of rotatable bonds is 5. The van der Waals surface area contributed by atoms with E-state index in [1.807, 2.05) is 32.1 Å². The third-order valence-electron chi connectivity index (χ3n) is 11.0. The molecule has 2 bridgehead atoms. The average Bonchev–Trinajstić information content (AvgIpc) is 3.34. The summed E-state index contributed by atoms with van der Waals surface area (Å²) in [5.41, 5.74) is 0.262. The number of methoxy groups -OCH3 is 1. The molecule has 0 aromatic heterocycles. The molecule has 2 unspecified atom stereocenters. The lowest BCUT2D eigenvalue weighted by atomic mass is 9.66. The van der Waals surface area contributed by atoms with Gasteiger partial charge in [-0.25, -0.2) is 0 Å². The third kappa shape index (κ3) is 6.79. The van der Waals surface area contributed by atoms with Crippen LogP contribution in [-0.2, 0) is 33.2 Å². The monoisotopic (exact) mass is 628 g/mol. The van der Waals surface area contributed by atoms with Crippen LogP contribution >= 0.6 is 0 Å². The van der Waals surface area contributed by atoms with Gasteiger partial charge in [0.25, 0.3) is 0 Å². The van der Waals surface area contributed by atoms with Gasteiger partial charge in [0.2, 0.25) is 0 Å². The molecule has 8 nitrogen and oxygen atoms in total. The normalized spacial score (nSPS) is 47.6. The fraction of sp³-hybridized carbons (Fsp3) is 0.757. The van der Waals surface area contributed by atoms with Crippen molar-refractivity contribution in [3.8, 4) is 0 Å². The van der Waals surface area contributed by atoms with Crippen molar-refractivity contribution in [2.45, 2.75) is 129 Å². The van der Waals surface area contributed by atoms with Crippen molar-refractivity contribution < 1.29 is 38.3 Å². The molecule has 1 aliphatic carbocycles. The van der Waals surface area contributed by atoms with Gasteiger partial charge >= 0.3 is 5.97 Å². The minimum atomic E-state index is -1.54. The van der Waals surface area contributed by atoms with Crippen LogP contribution in [0.5, 0.6) is 0 Å². The number of carbonyl (C=O) groups excluding carboxylic acids is 1. The first-order chi connectivity index (χ1) is 21.5. The number of ether oxygens (including phenoxy) is 6. The SMILES string of the molecule is CCO[C@@H]1/C(C)=C/C[C@@H]2C[C@@H](C[C@]3(C=C[C@H](C)[C@@H](C(C)CC)O3)O2)OC(=O)[C@@H]2CC(C)[C@@H](OC)[C@H]3OC/C(=C\C=C\[C@@H]1C)[C@]32O. The van der Waals surface area contributed by atoms with Crippen LogP contribution in [0, 0.1) is 29.6 Å². The van der Waals surface area contributed by atoms with Crippen LogP contribution < -0.4 is 0 Å². The number of allylic oxidation sites excluding steroid dienone is 2. The highest BCUT2D eigenvalue weighted by molar-refractivity contribution is 5.76. The summed E-state index contributed by atoms with van der Waals surface area (Å²) in [5, 5.41) is 12.5. The van der Waals surface area contributed by atoms with E-state index in [9.17, 15) is 9.90 Å². The van der Waals surface area contributed by atoms with Crippen LogP contribution in [0.4, 0.5) is 0 Å². The fourth-order valence-electron chi connectivity index (χ4n) is 8.32. The Labute approximate surface area is 270 Å². The number of hydrogen-bond acceptors (Lipinski definition) is 8. The van der Waals surface area contributed by atoms with E-state index in [0.29, 0.717) is 43.8 Å². The Hall–Kier alpha value is -1.81. The molecule has 2 saturated heterocycles. The Bertz CT molecular complexity index is 1170. The summed E-state index contributed by atoms with van der Waals surface area (Å²) in [6, 6.07) is 0. The minimum absolute atomic E-state index is 0.00446. The summed E-state index contributed by atoms with van der Waals surface area (Å²) in [5.74, 6) is -1.51. The standard InChI is InChI=1S/C37H56O8/c1-9-22(3)32-25(6)16-17-36(45-32)20-29-19-28(44-36)15-14-24(5)31(41-10-2)23(4)12-11-13-27-21-42-34-33(40-8)26(7)18-30(35(38)43-29)37(27,34)39/h11-14,16-17,22-23,25-26,28-34,39H,9-10,15,18-21H2,1-8H3/b12-11+,24-14+,27-13+/t22?,23-,25-,26?,28+,29-,30-,31-,32+,33+,34+,36+,37+/m0/s1. The summed E-state index contributed by atoms with van der Waals surface area (Å²) in [6.45, 7) is 15.7. The molecule has 0 radical (unpaired) electrons. The van der Waals surface area contributed by atoms with Crippen molar-refractivity contribution in [2.75, 3.05) is 20.3 Å². The van der Waals surface area contributed by atoms with Crippen LogP contribution in [-0.4, -0.2) is 79.4 Å². The van der Waals surface area contributed by atoms with Crippen molar-refractivity contribution in [1.82, 2.24) is 0 Å². The molecule has 4 heterocycles. The van der Waals surface area contributed by atoms with E-state index in [1.54, 1.807) is 7.11 Å². The molecule has 1 spiro atoms. The highest BCUT2D eigenvalue weighted by atomic mass is 16.7. The molecule has 0 amide bonds. The fourth-order valence-corrected chi connectivity index (χ4v) is 8.32. The molecule has 1 N–H and O–H groups in total. The number of esters is 1. The van der Waals surface area contributed by atoms with E-state index in [0.717, 1.165) is 12.0 Å². The minimum Gasteiger partial charge on any atom is -0.462 e. The van der Waals surface area contributed by atoms with Gasteiger partial charge in [-0.3, -0.25) is 4.79 Å². The van der Waals surface area contributed by atoms with E-state index in [4.69, 9.17) is 28.4 Å². The molecule has 45 heavy (non-hydrogen) atoms. The second-order valence-corrected chi connectivity index (χ2v) is 14.3. The summed E-state index contributed by atoms with van der Waals surface area (Å²) >= 11 is 0. The number of carbonyl (C=O) groups is 1. The Kier molecular flexibility index (Phi) is 10.8. The average molecular weight is 629 g/mol. The number of aliphatic hydroxyl groups is 1. The molecule has 1 saturated carbocycles. The molecule has 5 rings (SSSR count). The zero-order valence-electron chi connectivity index (χ0n) is 28.6. The highest BCUT2D eigenvalue weighted by Gasteiger charge is 2.62. The van der Waals surface area contributed by atoms with Gasteiger partial charge in [-0.15, -0.1) is 0 Å². The van der Waals surface area contributed by atoms with Crippen molar-refractivity contribution in [3.63, 3.8) is 0 Å². The predicted molar refractivity (Wildman–Crippen MR) is 172 cm³/mol. The summed E-state index contributed by atoms with van der Waals surface area (Å²) in [7, 11) is 1.64. The number of fused-ring (bicyclic) bond motifs is 2. The van der Waals surface area contributed by atoms with Crippen LogP contribution in [0.1, 0.15) is 80.6 Å². The zero-order valence-corrected chi connectivity index (χ0v) is 28.6. The van der Waals surface area contributed by atoms with E-state index in [-0.39, 0.29) is 48.8 Å². The molecule has 3 fully saturated rings. The topological polar surface area (TPSA) is 92.7 Å². The summed E-state index contributed by atoms with van der Waals surface area (Å²) in [6.07, 6.45) is 13.6. The maximum absolute atomic E-state index is 14.2. The molecule has 4 aliphatic heterocycles. The first-order valence-electron chi connectivity index (χ1n) is 17.2. The Morgan fingerprint density at radius 2 is 1.87 bits per heavy atom. The molecular weight excluding hydrogens is 572 g/mol. The molecule has 8 heteroatoms. The van der Waals surface area contributed by atoms with Crippen molar-refractivity contribution in [2.24, 2.45) is 29.6 Å². The maximum atomic E-state index is 14.2. The van der Waals surface area contributed by atoms with Gasteiger partial charge in [-0.05, 0) is 55.7 Å². The lowest BCUT2D eigenvalue weighted by molar-refractivity contribution is -0.300. The van der Waals surface area contributed by atoms with Gasteiger partial charge in [-0.2, -0.15) is 0 Å². The molecule has 252 valence electrons. The zero-order chi connectivity index (χ0) is 32.5. The second kappa shape index (κ2) is 14.1. The highest BCUT2D eigenvalue weighted by Crippen LogP contribution is 2.49. The molecular formula is C37H56O8. The molecule has 13 atom stereocenters. The quantitative estimate of drug-likeness (QED) is 0.289. The smallest absolute Gasteiger partial charge is 0.312 e. The Balaban J connectivity index is 1.55. The first-order valence-corrected chi connectivity index (χ1v) is 17.2. The molecule has 0 aromatic rings. The Morgan fingerprint density at radius 1 is 1.09 bits per heavy atom. The summed E-state index contributed by atoms with van der Waals surface area (Å²) < 4.78 is 38.3.